The summed E-state index contributed by atoms with van der Waals surface area (Å²) in [6.45, 7) is 8.06. The van der Waals surface area contributed by atoms with Crippen LogP contribution in [0.2, 0.25) is 0 Å². The maximum absolute atomic E-state index is 4.41. The van der Waals surface area contributed by atoms with E-state index in [0.717, 1.165) is 25.0 Å². The number of guanidine groups is 1. The van der Waals surface area contributed by atoms with Gasteiger partial charge in [-0.05, 0) is 63.4 Å². The first-order chi connectivity index (χ1) is 11.6. The third-order valence-corrected chi connectivity index (χ3v) is 5.08. The number of piperidine rings is 1. The molecule has 0 amide bonds. The van der Waals surface area contributed by atoms with E-state index in [1.807, 2.05) is 7.05 Å². The predicted molar refractivity (Wildman–Crippen MR) is 102 cm³/mol. The summed E-state index contributed by atoms with van der Waals surface area (Å²) in [5, 5.41) is 3.49. The van der Waals surface area contributed by atoms with Crippen molar-refractivity contribution in [3.8, 4) is 0 Å². The zero-order valence-electron chi connectivity index (χ0n) is 16.0. The number of nitrogens with one attached hydrogen (secondary N) is 1. The van der Waals surface area contributed by atoms with Crippen molar-refractivity contribution in [1.82, 2.24) is 19.7 Å². The van der Waals surface area contributed by atoms with Gasteiger partial charge in [0, 0.05) is 39.6 Å². The standard InChI is InChI=1S/C19H35N5/c1-17-9-14-24(15-10-17)13-6-5-11-21-19(20-2)23(4)16-18-8-7-12-22(18)3/h7-8,12,17H,5-6,9-11,13-16H2,1-4H3,(H,20,21). The van der Waals surface area contributed by atoms with Crippen molar-refractivity contribution in [3.05, 3.63) is 24.0 Å². The van der Waals surface area contributed by atoms with E-state index < -0.39 is 0 Å². The zero-order chi connectivity index (χ0) is 17.4. The van der Waals surface area contributed by atoms with Gasteiger partial charge >= 0.3 is 0 Å². The second-order valence-corrected chi connectivity index (χ2v) is 7.17. The van der Waals surface area contributed by atoms with Crippen molar-refractivity contribution >= 4 is 5.96 Å². The van der Waals surface area contributed by atoms with Crippen LogP contribution in [0.15, 0.2) is 23.3 Å². The summed E-state index contributed by atoms with van der Waals surface area (Å²) in [5.41, 5.74) is 1.29. The van der Waals surface area contributed by atoms with E-state index in [0.29, 0.717) is 0 Å². The normalized spacial score (nSPS) is 17.2. The van der Waals surface area contributed by atoms with E-state index >= 15 is 0 Å². The van der Waals surface area contributed by atoms with Gasteiger partial charge in [-0.2, -0.15) is 0 Å². The lowest BCUT2D eigenvalue weighted by Gasteiger charge is -2.30. The Morgan fingerprint density at radius 1 is 1.33 bits per heavy atom. The van der Waals surface area contributed by atoms with Crippen molar-refractivity contribution in [3.63, 3.8) is 0 Å². The molecule has 1 N–H and O–H groups in total. The second kappa shape index (κ2) is 9.72. The molecular formula is C19H35N5. The van der Waals surface area contributed by atoms with E-state index in [9.17, 15) is 0 Å². The number of unbranched alkanes of at least 4 members (excludes halogenated alkanes) is 1. The third kappa shape index (κ3) is 5.86. The van der Waals surface area contributed by atoms with Crippen molar-refractivity contribution in [2.24, 2.45) is 18.0 Å². The minimum absolute atomic E-state index is 0.870. The fraction of sp³-hybridized carbons (Fsp3) is 0.737. The molecule has 0 atom stereocenters. The van der Waals surface area contributed by atoms with Gasteiger partial charge in [-0.3, -0.25) is 4.99 Å². The summed E-state index contributed by atoms with van der Waals surface area (Å²) in [6, 6.07) is 4.24. The lowest BCUT2D eigenvalue weighted by molar-refractivity contribution is 0.189. The first-order valence-electron chi connectivity index (χ1n) is 9.34. The van der Waals surface area contributed by atoms with Crippen molar-refractivity contribution in [1.29, 1.82) is 0 Å². The Hall–Kier alpha value is -1.49. The Bertz CT molecular complexity index is 500. The van der Waals surface area contributed by atoms with Crippen LogP contribution in [0.3, 0.4) is 0 Å². The van der Waals surface area contributed by atoms with Crippen LogP contribution in [0, 0.1) is 5.92 Å². The SMILES string of the molecule is CN=C(NCCCCN1CCC(C)CC1)N(C)Cc1cccn1C. The largest absolute Gasteiger partial charge is 0.356 e. The first kappa shape index (κ1) is 18.8. The highest BCUT2D eigenvalue weighted by molar-refractivity contribution is 5.79. The Morgan fingerprint density at radius 3 is 2.71 bits per heavy atom. The number of aryl methyl sites for hydroxylation is 1. The number of nitrogens with zero attached hydrogens (tertiary/aromatic N) is 4. The highest BCUT2D eigenvalue weighted by atomic mass is 15.3. The minimum atomic E-state index is 0.870. The van der Waals surface area contributed by atoms with Gasteiger partial charge in [0.15, 0.2) is 5.96 Å². The molecule has 24 heavy (non-hydrogen) atoms. The average molecular weight is 334 g/mol. The van der Waals surface area contributed by atoms with Crippen LogP contribution in [0.25, 0.3) is 0 Å². The number of hydrogen-bond donors (Lipinski definition) is 1. The molecule has 0 aliphatic carbocycles. The third-order valence-electron chi connectivity index (χ3n) is 5.08. The van der Waals surface area contributed by atoms with Gasteiger partial charge in [0.2, 0.25) is 0 Å². The van der Waals surface area contributed by atoms with Gasteiger partial charge in [-0.25, -0.2) is 0 Å². The number of aromatic nitrogens is 1. The number of rotatable bonds is 7. The van der Waals surface area contributed by atoms with Gasteiger partial charge in [0.25, 0.3) is 0 Å². The van der Waals surface area contributed by atoms with Gasteiger partial charge in [-0.1, -0.05) is 6.92 Å². The highest BCUT2D eigenvalue weighted by Gasteiger charge is 2.14. The van der Waals surface area contributed by atoms with Crippen LogP contribution in [-0.2, 0) is 13.6 Å². The Balaban J connectivity index is 1.62. The van der Waals surface area contributed by atoms with Gasteiger partial charge in [0.05, 0.1) is 6.54 Å². The van der Waals surface area contributed by atoms with Crippen LogP contribution < -0.4 is 5.32 Å². The number of hydrogen-bond acceptors (Lipinski definition) is 2. The fourth-order valence-corrected chi connectivity index (χ4v) is 3.31. The van der Waals surface area contributed by atoms with E-state index in [4.69, 9.17) is 0 Å². The van der Waals surface area contributed by atoms with Gasteiger partial charge in [0.1, 0.15) is 0 Å². The minimum Gasteiger partial charge on any atom is -0.356 e. The molecule has 0 spiro atoms. The van der Waals surface area contributed by atoms with Crippen LogP contribution in [0.1, 0.15) is 38.3 Å². The van der Waals surface area contributed by atoms with Crippen molar-refractivity contribution in [2.45, 2.75) is 39.2 Å². The summed E-state index contributed by atoms with van der Waals surface area (Å²) >= 11 is 0. The summed E-state index contributed by atoms with van der Waals surface area (Å²) in [5.74, 6) is 1.90. The molecule has 136 valence electrons. The van der Waals surface area contributed by atoms with Crippen molar-refractivity contribution < 1.29 is 0 Å². The summed E-state index contributed by atoms with van der Waals surface area (Å²) in [4.78, 5) is 9.21. The average Bonchev–Trinajstić information content (AvgIpc) is 2.97. The molecule has 0 bridgehead atoms. The highest BCUT2D eigenvalue weighted by Crippen LogP contribution is 2.16. The second-order valence-electron chi connectivity index (χ2n) is 7.17. The van der Waals surface area contributed by atoms with Crippen LogP contribution in [0.4, 0.5) is 0 Å². The van der Waals surface area contributed by atoms with E-state index in [2.05, 4.69) is 64.0 Å². The molecule has 1 aliphatic heterocycles. The van der Waals surface area contributed by atoms with E-state index in [1.54, 1.807) is 0 Å². The van der Waals surface area contributed by atoms with E-state index in [-0.39, 0.29) is 0 Å². The quantitative estimate of drug-likeness (QED) is 0.473. The molecule has 1 fully saturated rings. The number of aliphatic imine (C=N–C) groups is 1. The first-order valence-corrected chi connectivity index (χ1v) is 9.34. The summed E-state index contributed by atoms with van der Waals surface area (Å²) < 4.78 is 2.16. The topological polar surface area (TPSA) is 35.8 Å². The molecule has 1 aromatic rings. The monoisotopic (exact) mass is 333 g/mol. The van der Waals surface area contributed by atoms with Crippen molar-refractivity contribution in [2.75, 3.05) is 40.3 Å². The molecule has 1 aromatic heterocycles. The van der Waals surface area contributed by atoms with Crippen LogP contribution in [-0.4, -0.2) is 60.6 Å². The molecule has 5 nitrogen and oxygen atoms in total. The Morgan fingerprint density at radius 2 is 2.08 bits per heavy atom. The van der Waals surface area contributed by atoms with Gasteiger partial charge in [-0.15, -0.1) is 0 Å². The predicted octanol–water partition coefficient (Wildman–Crippen LogP) is 2.54. The molecule has 2 rings (SSSR count). The molecule has 5 heteroatoms. The molecule has 0 unspecified atom stereocenters. The maximum Gasteiger partial charge on any atom is 0.193 e. The lowest BCUT2D eigenvalue weighted by atomic mass is 9.99. The molecule has 0 aromatic carbocycles. The fourth-order valence-electron chi connectivity index (χ4n) is 3.31. The molecule has 0 radical (unpaired) electrons. The van der Waals surface area contributed by atoms with Crippen LogP contribution in [0.5, 0.6) is 0 Å². The maximum atomic E-state index is 4.41. The summed E-state index contributed by atoms with van der Waals surface area (Å²) in [6.07, 6.45) is 7.29. The Labute approximate surface area is 147 Å². The zero-order valence-corrected chi connectivity index (χ0v) is 16.0. The molecule has 0 saturated carbocycles. The molecule has 1 aliphatic rings. The smallest absolute Gasteiger partial charge is 0.193 e. The molecular weight excluding hydrogens is 298 g/mol. The summed E-state index contributed by atoms with van der Waals surface area (Å²) in [7, 11) is 6.04. The number of likely N-dealkylation sites (tertiary alicyclic amines) is 1. The van der Waals surface area contributed by atoms with E-state index in [1.165, 1.54) is 51.0 Å². The lowest BCUT2D eigenvalue weighted by Crippen LogP contribution is -2.39. The van der Waals surface area contributed by atoms with Gasteiger partial charge < -0.3 is 19.7 Å². The molecule has 2 heterocycles. The Kier molecular flexibility index (Phi) is 7.63. The molecule has 1 saturated heterocycles. The van der Waals surface area contributed by atoms with Crippen LogP contribution >= 0.6 is 0 Å².